The third kappa shape index (κ3) is 4.93. The van der Waals surface area contributed by atoms with E-state index in [2.05, 4.69) is 25.3 Å². The fourth-order valence-electron chi connectivity index (χ4n) is 2.89. The van der Waals surface area contributed by atoms with E-state index in [1.54, 1.807) is 6.20 Å². The van der Waals surface area contributed by atoms with Crippen molar-refractivity contribution >= 4 is 51.5 Å². The van der Waals surface area contributed by atoms with Gasteiger partial charge >= 0.3 is 0 Å². The minimum absolute atomic E-state index is 0.0704. The molecule has 0 unspecified atom stereocenters. The molecule has 2 aromatic carbocycles. The van der Waals surface area contributed by atoms with Crippen molar-refractivity contribution in [1.29, 1.82) is 0 Å². The van der Waals surface area contributed by atoms with Gasteiger partial charge in [0, 0.05) is 30.4 Å². The fourth-order valence-corrected chi connectivity index (χ4v) is 3.14. The van der Waals surface area contributed by atoms with E-state index >= 15 is 0 Å². The largest absolute Gasteiger partial charge is 0.354 e. The number of alkyl halides is 3. The maximum absolute atomic E-state index is 6.06. The molecule has 0 amide bonds. The highest BCUT2D eigenvalue weighted by Crippen LogP contribution is 2.37. The molecular formula is C21H16Cl3N5. The summed E-state index contributed by atoms with van der Waals surface area (Å²) in [7, 11) is 0. The van der Waals surface area contributed by atoms with E-state index < -0.39 is 3.79 Å². The molecule has 4 rings (SSSR count). The van der Waals surface area contributed by atoms with Crippen LogP contribution in [0.5, 0.6) is 0 Å². The monoisotopic (exact) mass is 443 g/mol. The van der Waals surface area contributed by atoms with Gasteiger partial charge in [-0.15, -0.1) is 0 Å². The van der Waals surface area contributed by atoms with Crippen molar-refractivity contribution in [2.75, 3.05) is 11.9 Å². The summed E-state index contributed by atoms with van der Waals surface area (Å²) in [6.45, 7) is 0.581. The van der Waals surface area contributed by atoms with E-state index in [1.165, 1.54) is 0 Å². The Hall–Kier alpha value is -2.47. The third-order valence-electron chi connectivity index (χ3n) is 4.29. The summed E-state index contributed by atoms with van der Waals surface area (Å²) < 4.78 is -1.76. The Kier molecular flexibility index (Phi) is 5.81. The van der Waals surface area contributed by atoms with Gasteiger partial charge in [-0.05, 0) is 29.0 Å². The number of nitrogens with one attached hydrogen (secondary N) is 1. The van der Waals surface area contributed by atoms with Crippen LogP contribution in [-0.2, 0) is 10.2 Å². The van der Waals surface area contributed by atoms with Crippen LogP contribution in [0.3, 0.4) is 0 Å². The molecule has 0 aliphatic rings. The second-order valence-corrected chi connectivity index (χ2v) is 8.65. The first-order valence-corrected chi connectivity index (χ1v) is 10.1. The first kappa shape index (κ1) is 19.8. The lowest BCUT2D eigenvalue weighted by molar-refractivity contribution is 0.894. The number of hydrogen-bond donors (Lipinski definition) is 1. The van der Waals surface area contributed by atoms with Crippen molar-refractivity contribution < 1.29 is 0 Å². The Morgan fingerprint density at radius 1 is 0.828 bits per heavy atom. The van der Waals surface area contributed by atoms with Gasteiger partial charge in [-0.2, -0.15) is 9.97 Å². The highest BCUT2D eigenvalue weighted by molar-refractivity contribution is 6.66. The van der Waals surface area contributed by atoms with Gasteiger partial charge in [0.25, 0.3) is 0 Å². The van der Waals surface area contributed by atoms with Crippen LogP contribution in [-0.4, -0.2) is 26.5 Å². The first-order chi connectivity index (χ1) is 14.0. The zero-order valence-electron chi connectivity index (χ0n) is 15.2. The van der Waals surface area contributed by atoms with Gasteiger partial charge in [0.15, 0.2) is 11.6 Å². The van der Waals surface area contributed by atoms with Crippen molar-refractivity contribution in [2.45, 2.75) is 10.2 Å². The summed E-state index contributed by atoms with van der Waals surface area (Å²) in [4.78, 5) is 17.5. The van der Waals surface area contributed by atoms with Crippen molar-refractivity contribution in [3.8, 4) is 11.4 Å². The number of halogens is 3. The summed E-state index contributed by atoms with van der Waals surface area (Å²) in [5.74, 6) is 0.855. The molecule has 0 saturated carbocycles. The van der Waals surface area contributed by atoms with Crippen LogP contribution in [0.1, 0.15) is 11.5 Å². The fraction of sp³-hybridized carbons (Fsp3) is 0.143. The predicted molar refractivity (Wildman–Crippen MR) is 118 cm³/mol. The highest BCUT2D eigenvalue weighted by atomic mass is 35.6. The van der Waals surface area contributed by atoms with Crippen LogP contribution in [0.15, 0.2) is 66.9 Å². The van der Waals surface area contributed by atoms with Crippen LogP contribution in [0.25, 0.3) is 22.2 Å². The Morgan fingerprint density at radius 3 is 2.38 bits per heavy atom. The topological polar surface area (TPSA) is 63.6 Å². The molecule has 0 spiro atoms. The van der Waals surface area contributed by atoms with Gasteiger partial charge in [-0.3, -0.25) is 4.98 Å². The SMILES string of the molecule is ClC(Cl)(Cl)c1nc(NCCc2ccccn2)nc(-c2ccc3ccccc3c2)n1. The smallest absolute Gasteiger partial charge is 0.250 e. The molecule has 0 saturated heterocycles. The Bertz CT molecular complexity index is 1130. The number of fused-ring (bicyclic) bond motifs is 1. The van der Waals surface area contributed by atoms with Gasteiger partial charge in [0.2, 0.25) is 9.74 Å². The second kappa shape index (κ2) is 8.49. The summed E-state index contributed by atoms with van der Waals surface area (Å²) in [6, 6.07) is 19.8. The number of aromatic nitrogens is 4. The minimum Gasteiger partial charge on any atom is -0.354 e. The molecule has 8 heteroatoms. The van der Waals surface area contributed by atoms with Gasteiger partial charge in [-0.25, -0.2) is 4.98 Å². The molecule has 0 atom stereocenters. The first-order valence-electron chi connectivity index (χ1n) is 8.95. The average Bonchev–Trinajstić information content (AvgIpc) is 2.73. The Labute approximate surface area is 183 Å². The van der Waals surface area contributed by atoms with E-state index in [9.17, 15) is 0 Å². The molecule has 146 valence electrons. The molecule has 0 bridgehead atoms. The number of rotatable bonds is 5. The number of anilines is 1. The van der Waals surface area contributed by atoms with E-state index in [0.717, 1.165) is 22.0 Å². The van der Waals surface area contributed by atoms with E-state index in [1.807, 2.05) is 60.7 Å². The normalized spacial score (nSPS) is 11.6. The second-order valence-electron chi connectivity index (χ2n) is 6.36. The summed E-state index contributed by atoms with van der Waals surface area (Å²) in [5.41, 5.74) is 1.78. The van der Waals surface area contributed by atoms with E-state index in [-0.39, 0.29) is 5.82 Å². The number of hydrogen-bond acceptors (Lipinski definition) is 5. The standard InChI is InChI=1S/C21H16Cl3N5/c22-21(23,24)19-27-18(16-9-8-14-5-1-2-6-15(14)13-16)28-20(29-19)26-12-10-17-7-3-4-11-25-17/h1-9,11,13H,10,12H2,(H,26,27,28,29). The highest BCUT2D eigenvalue weighted by Gasteiger charge is 2.28. The molecule has 2 aromatic heterocycles. The predicted octanol–water partition coefficient (Wildman–Crippen LogP) is 5.57. The van der Waals surface area contributed by atoms with Crippen LogP contribution in [0.4, 0.5) is 5.95 Å². The number of nitrogens with zero attached hydrogens (tertiary/aromatic N) is 4. The minimum atomic E-state index is -1.76. The number of pyridine rings is 1. The van der Waals surface area contributed by atoms with Crippen LogP contribution < -0.4 is 5.32 Å². The lowest BCUT2D eigenvalue weighted by Gasteiger charge is -2.13. The lowest BCUT2D eigenvalue weighted by Crippen LogP contribution is -2.15. The molecular weight excluding hydrogens is 429 g/mol. The lowest BCUT2D eigenvalue weighted by atomic mass is 10.1. The Morgan fingerprint density at radius 2 is 1.62 bits per heavy atom. The average molecular weight is 445 g/mol. The van der Waals surface area contributed by atoms with Crippen molar-refractivity contribution in [3.63, 3.8) is 0 Å². The molecule has 4 aromatic rings. The van der Waals surface area contributed by atoms with Gasteiger partial charge < -0.3 is 5.32 Å². The van der Waals surface area contributed by atoms with E-state index in [0.29, 0.717) is 24.7 Å². The molecule has 0 radical (unpaired) electrons. The van der Waals surface area contributed by atoms with Crippen molar-refractivity contribution in [2.24, 2.45) is 0 Å². The summed E-state index contributed by atoms with van der Waals surface area (Å²) in [5, 5.41) is 5.37. The van der Waals surface area contributed by atoms with Gasteiger partial charge in [-0.1, -0.05) is 77.3 Å². The quantitative estimate of drug-likeness (QED) is 0.408. The molecule has 0 aliphatic carbocycles. The zero-order valence-corrected chi connectivity index (χ0v) is 17.5. The maximum Gasteiger partial charge on any atom is 0.250 e. The van der Waals surface area contributed by atoms with Crippen LogP contribution in [0, 0.1) is 0 Å². The Balaban J connectivity index is 1.64. The molecule has 2 heterocycles. The third-order valence-corrected chi connectivity index (χ3v) is 4.79. The maximum atomic E-state index is 6.06. The summed E-state index contributed by atoms with van der Waals surface area (Å²) in [6.07, 6.45) is 2.47. The molecule has 0 fully saturated rings. The van der Waals surface area contributed by atoms with Gasteiger partial charge in [0.1, 0.15) is 0 Å². The van der Waals surface area contributed by atoms with Crippen molar-refractivity contribution in [1.82, 2.24) is 19.9 Å². The van der Waals surface area contributed by atoms with Crippen LogP contribution in [0.2, 0.25) is 0 Å². The molecule has 1 N–H and O–H groups in total. The molecule has 0 aliphatic heterocycles. The van der Waals surface area contributed by atoms with Crippen LogP contribution >= 0.6 is 34.8 Å². The zero-order chi connectivity index (χ0) is 20.3. The van der Waals surface area contributed by atoms with Gasteiger partial charge in [0.05, 0.1) is 0 Å². The molecule has 29 heavy (non-hydrogen) atoms. The molecule has 5 nitrogen and oxygen atoms in total. The van der Waals surface area contributed by atoms with Crippen molar-refractivity contribution in [3.05, 3.63) is 78.4 Å². The number of benzene rings is 2. The van der Waals surface area contributed by atoms with E-state index in [4.69, 9.17) is 34.8 Å². The summed E-state index contributed by atoms with van der Waals surface area (Å²) >= 11 is 18.2.